The number of amides is 1. The quantitative estimate of drug-likeness (QED) is 0.445. The number of Topliss-reactive ketones (excluding diaryl/α,β-unsaturated/α-hetero) is 1. The molecular formula is C25H27F3N2O5S. The number of aromatic nitrogens is 1. The Morgan fingerprint density at radius 1 is 1.19 bits per heavy atom. The summed E-state index contributed by atoms with van der Waals surface area (Å²) in [5.74, 6) is -1.84. The van der Waals surface area contributed by atoms with E-state index in [2.05, 4.69) is 4.98 Å². The molecule has 11 heteroatoms. The fourth-order valence-corrected chi connectivity index (χ4v) is 6.51. The average Bonchev–Trinajstić information content (AvgIpc) is 2.96. The number of halogens is 3. The van der Waals surface area contributed by atoms with E-state index in [1.807, 2.05) is 0 Å². The van der Waals surface area contributed by atoms with E-state index in [-0.39, 0.29) is 29.5 Å². The van der Waals surface area contributed by atoms with Gasteiger partial charge >= 0.3 is 0 Å². The first-order valence-corrected chi connectivity index (χ1v) is 13.5. The molecule has 1 fully saturated rings. The van der Waals surface area contributed by atoms with Crippen molar-refractivity contribution in [3.05, 3.63) is 47.4 Å². The molecule has 1 aromatic heterocycles. The zero-order valence-corrected chi connectivity index (χ0v) is 21.0. The van der Waals surface area contributed by atoms with Crippen LogP contribution in [0.15, 0.2) is 30.5 Å². The van der Waals surface area contributed by atoms with Crippen molar-refractivity contribution >= 4 is 32.9 Å². The molecule has 0 spiro atoms. The van der Waals surface area contributed by atoms with E-state index in [4.69, 9.17) is 4.74 Å². The van der Waals surface area contributed by atoms with Gasteiger partial charge in [0.05, 0.1) is 28.7 Å². The van der Waals surface area contributed by atoms with Crippen LogP contribution in [-0.4, -0.2) is 50.1 Å². The first-order valence-electron chi connectivity index (χ1n) is 11.5. The average molecular weight is 525 g/mol. The lowest BCUT2D eigenvalue weighted by Gasteiger charge is -2.41. The summed E-state index contributed by atoms with van der Waals surface area (Å²) in [7, 11) is -3.26. The van der Waals surface area contributed by atoms with Crippen LogP contribution < -0.4 is 9.64 Å². The van der Waals surface area contributed by atoms with Crippen LogP contribution in [0.3, 0.4) is 0 Å². The molecule has 1 amide bonds. The SMILES string of the molecule is CC1(C)C(=O)N(c2cc(OCC(F)F)ncc2F)c2ccc(C(=O)CC3(CS(C)(=O)=O)CCC3)cc21. The number of hydrogen-bond acceptors (Lipinski definition) is 6. The second-order valence-corrected chi connectivity index (χ2v) is 12.3. The Bertz CT molecular complexity index is 1320. The number of alkyl halides is 2. The molecule has 0 saturated heterocycles. The van der Waals surface area contributed by atoms with Crippen LogP contribution in [0.2, 0.25) is 0 Å². The van der Waals surface area contributed by atoms with Gasteiger partial charge < -0.3 is 4.74 Å². The third-order valence-electron chi connectivity index (χ3n) is 6.90. The van der Waals surface area contributed by atoms with Gasteiger partial charge in [-0.3, -0.25) is 14.5 Å². The largest absolute Gasteiger partial charge is 0.472 e. The Kier molecular flexibility index (Phi) is 6.65. The van der Waals surface area contributed by atoms with Crippen LogP contribution in [0, 0.1) is 11.2 Å². The molecule has 1 saturated carbocycles. The number of benzene rings is 1. The molecule has 4 rings (SSSR count). The van der Waals surface area contributed by atoms with E-state index in [1.165, 1.54) is 6.07 Å². The topological polar surface area (TPSA) is 93.6 Å². The summed E-state index contributed by atoms with van der Waals surface area (Å²) >= 11 is 0. The van der Waals surface area contributed by atoms with Gasteiger partial charge in [-0.15, -0.1) is 0 Å². The fourth-order valence-electron chi connectivity index (χ4n) is 5.00. The van der Waals surface area contributed by atoms with Gasteiger partial charge in [0, 0.05) is 24.3 Å². The van der Waals surface area contributed by atoms with Crippen molar-refractivity contribution < 1.29 is 35.9 Å². The molecule has 0 atom stereocenters. The van der Waals surface area contributed by atoms with E-state index < -0.39 is 45.4 Å². The maximum atomic E-state index is 14.8. The molecular weight excluding hydrogens is 497 g/mol. The lowest BCUT2D eigenvalue weighted by atomic mass is 9.67. The molecule has 1 aliphatic heterocycles. The minimum absolute atomic E-state index is 0.0499. The Labute approximate surface area is 207 Å². The Morgan fingerprint density at radius 3 is 2.47 bits per heavy atom. The van der Waals surface area contributed by atoms with E-state index in [0.717, 1.165) is 29.8 Å². The van der Waals surface area contributed by atoms with Crippen LogP contribution in [0.4, 0.5) is 24.5 Å². The van der Waals surface area contributed by atoms with E-state index >= 15 is 0 Å². The second kappa shape index (κ2) is 9.17. The highest BCUT2D eigenvalue weighted by Gasteiger charge is 2.46. The zero-order valence-electron chi connectivity index (χ0n) is 20.2. The van der Waals surface area contributed by atoms with Gasteiger partial charge in [-0.2, -0.15) is 0 Å². The zero-order chi connectivity index (χ0) is 26.5. The van der Waals surface area contributed by atoms with Gasteiger partial charge in [0.2, 0.25) is 11.8 Å². The summed E-state index contributed by atoms with van der Waals surface area (Å²) in [5, 5.41) is 0. The first kappa shape index (κ1) is 26.1. The van der Waals surface area contributed by atoms with Crippen molar-refractivity contribution in [3.8, 4) is 5.88 Å². The lowest BCUT2D eigenvalue weighted by molar-refractivity contribution is -0.121. The molecule has 2 aromatic rings. The summed E-state index contributed by atoms with van der Waals surface area (Å²) < 4.78 is 68.5. The number of pyridine rings is 1. The minimum Gasteiger partial charge on any atom is -0.472 e. The lowest BCUT2D eigenvalue weighted by Crippen LogP contribution is -2.38. The minimum atomic E-state index is -3.26. The molecule has 36 heavy (non-hydrogen) atoms. The Hall–Kier alpha value is -2.95. The monoisotopic (exact) mass is 524 g/mol. The van der Waals surface area contributed by atoms with Gasteiger partial charge in [-0.1, -0.05) is 6.42 Å². The number of ether oxygens (including phenoxy) is 1. The van der Waals surface area contributed by atoms with Gasteiger partial charge in [-0.05, 0) is 55.9 Å². The summed E-state index contributed by atoms with van der Waals surface area (Å²) in [6, 6.07) is 5.75. The molecule has 0 radical (unpaired) electrons. The number of carbonyl (C=O) groups excluding carboxylic acids is 2. The number of fused-ring (bicyclic) bond motifs is 1. The Morgan fingerprint density at radius 2 is 1.89 bits per heavy atom. The van der Waals surface area contributed by atoms with Crippen LogP contribution in [-0.2, 0) is 20.0 Å². The highest BCUT2D eigenvalue weighted by atomic mass is 32.2. The predicted molar refractivity (Wildman–Crippen MR) is 127 cm³/mol. The van der Waals surface area contributed by atoms with Crippen molar-refractivity contribution in [2.24, 2.45) is 5.41 Å². The first-order chi connectivity index (χ1) is 16.7. The van der Waals surface area contributed by atoms with Crippen molar-refractivity contribution in [2.45, 2.75) is 51.4 Å². The molecule has 194 valence electrons. The molecule has 0 unspecified atom stereocenters. The summed E-state index contributed by atoms with van der Waals surface area (Å²) in [6.45, 7) is 2.36. The van der Waals surface area contributed by atoms with Crippen LogP contribution >= 0.6 is 0 Å². The number of ketones is 1. The van der Waals surface area contributed by atoms with Gasteiger partial charge in [0.25, 0.3) is 6.43 Å². The summed E-state index contributed by atoms with van der Waals surface area (Å²) in [6.07, 6.45) is 1.48. The maximum absolute atomic E-state index is 14.8. The van der Waals surface area contributed by atoms with Crippen molar-refractivity contribution in [1.29, 1.82) is 0 Å². The van der Waals surface area contributed by atoms with Gasteiger partial charge in [-0.25, -0.2) is 26.6 Å². The molecule has 1 aromatic carbocycles. The number of hydrogen-bond donors (Lipinski definition) is 0. The predicted octanol–water partition coefficient (Wildman–Crippen LogP) is 4.61. The Balaban J connectivity index is 1.67. The number of nitrogens with zero attached hydrogens (tertiary/aromatic N) is 2. The molecule has 2 aliphatic rings. The smallest absolute Gasteiger partial charge is 0.272 e. The van der Waals surface area contributed by atoms with Crippen molar-refractivity contribution in [2.75, 3.05) is 23.5 Å². The molecule has 1 aliphatic carbocycles. The normalized spacial score (nSPS) is 18.2. The fraction of sp³-hybridized carbons (Fsp3) is 0.480. The third-order valence-corrected chi connectivity index (χ3v) is 8.03. The van der Waals surface area contributed by atoms with Crippen LogP contribution in [0.25, 0.3) is 0 Å². The number of rotatable bonds is 9. The van der Waals surface area contributed by atoms with Crippen molar-refractivity contribution in [3.63, 3.8) is 0 Å². The molecule has 0 bridgehead atoms. The van der Waals surface area contributed by atoms with E-state index in [0.29, 0.717) is 29.7 Å². The highest BCUT2D eigenvalue weighted by molar-refractivity contribution is 7.90. The second-order valence-electron chi connectivity index (χ2n) is 10.2. The number of anilines is 2. The molecule has 0 N–H and O–H groups in total. The number of sulfone groups is 1. The standard InChI is InChI=1S/C25H27F3N2O5S/c1-24(2)16-9-15(20(31)11-25(7-4-8-25)14-36(3,33)34)5-6-18(16)30(23(24)32)19-10-22(29-12-17(19)26)35-13-21(27)28/h5-6,9-10,12,21H,4,7-8,11,13-14H2,1-3H3. The van der Waals surface area contributed by atoms with Crippen LogP contribution in [0.1, 0.15) is 55.5 Å². The highest BCUT2D eigenvalue weighted by Crippen LogP contribution is 2.48. The van der Waals surface area contributed by atoms with E-state index in [9.17, 15) is 31.2 Å². The van der Waals surface area contributed by atoms with E-state index in [1.54, 1.807) is 26.0 Å². The van der Waals surface area contributed by atoms with Gasteiger partial charge in [0.15, 0.2) is 18.2 Å². The molecule has 2 heterocycles. The maximum Gasteiger partial charge on any atom is 0.272 e. The van der Waals surface area contributed by atoms with Crippen molar-refractivity contribution in [1.82, 2.24) is 4.98 Å². The summed E-state index contributed by atoms with van der Waals surface area (Å²) in [5.41, 5.74) is -0.710. The molecule has 7 nitrogen and oxygen atoms in total. The number of carbonyl (C=O) groups is 2. The third kappa shape index (κ3) is 4.98. The van der Waals surface area contributed by atoms with Gasteiger partial charge in [0.1, 0.15) is 9.84 Å². The summed E-state index contributed by atoms with van der Waals surface area (Å²) in [4.78, 5) is 31.3. The van der Waals surface area contributed by atoms with Crippen LogP contribution in [0.5, 0.6) is 5.88 Å².